The lowest BCUT2D eigenvalue weighted by atomic mass is 10.3. The highest BCUT2D eigenvalue weighted by atomic mass is 79.9. The molecule has 7 nitrogen and oxygen atoms in total. The second kappa shape index (κ2) is 2.91. The van der Waals surface area contributed by atoms with Crippen LogP contribution < -0.4 is 0 Å². The van der Waals surface area contributed by atoms with Crippen LogP contribution in [0.25, 0.3) is 11.0 Å². The molecule has 0 fully saturated rings. The molecule has 0 spiro atoms. The molecule has 14 heavy (non-hydrogen) atoms. The third kappa shape index (κ3) is 1.20. The zero-order valence-electron chi connectivity index (χ0n) is 6.59. The number of hydrogen-bond donors (Lipinski definition) is 1. The molecule has 0 saturated heterocycles. The number of benzene rings is 1. The minimum Gasteiger partial charge on any atom is -0.410 e. The molecule has 0 amide bonds. The van der Waals surface area contributed by atoms with Crippen molar-refractivity contribution in [1.82, 2.24) is 15.2 Å². The zero-order valence-corrected chi connectivity index (χ0v) is 8.17. The van der Waals surface area contributed by atoms with Crippen LogP contribution in [0, 0.1) is 10.1 Å². The number of halogens is 1. The zero-order chi connectivity index (χ0) is 10.3. The predicted molar refractivity (Wildman–Crippen MR) is 49.1 cm³/mol. The molecule has 0 aliphatic rings. The van der Waals surface area contributed by atoms with Crippen molar-refractivity contribution in [2.45, 2.75) is 0 Å². The number of fused-ring (bicyclic) bond motifs is 1. The lowest BCUT2D eigenvalue weighted by Gasteiger charge is -1.94. The maximum Gasteiger partial charge on any atom is 0.300 e. The highest BCUT2D eigenvalue weighted by Crippen LogP contribution is 2.27. The summed E-state index contributed by atoms with van der Waals surface area (Å²) >= 11 is 3.09. The van der Waals surface area contributed by atoms with Crippen LogP contribution in [-0.4, -0.2) is 25.3 Å². The highest BCUT2D eigenvalue weighted by Gasteiger charge is 2.18. The first kappa shape index (κ1) is 8.88. The van der Waals surface area contributed by atoms with Gasteiger partial charge in [0.25, 0.3) is 5.69 Å². The van der Waals surface area contributed by atoms with Crippen LogP contribution in [0.15, 0.2) is 16.6 Å². The maximum atomic E-state index is 10.6. The fourth-order valence-corrected chi connectivity index (χ4v) is 1.53. The Morgan fingerprint density at radius 3 is 2.93 bits per heavy atom. The summed E-state index contributed by atoms with van der Waals surface area (Å²) in [5, 5.41) is 26.5. The second-order valence-electron chi connectivity index (χ2n) is 2.53. The summed E-state index contributed by atoms with van der Waals surface area (Å²) in [4.78, 5) is 10.5. The molecule has 0 aliphatic heterocycles. The van der Waals surface area contributed by atoms with E-state index in [-0.39, 0.29) is 16.7 Å². The van der Waals surface area contributed by atoms with E-state index >= 15 is 0 Å². The number of nitrogens with zero attached hydrogens (tertiary/aromatic N) is 4. The van der Waals surface area contributed by atoms with Crippen molar-refractivity contribution in [3.8, 4) is 0 Å². The average molecular weight is 259 g/mol. The molecule has 1 aromatic heterocycles. The number of nitro benzene ring substituents is 1. The smallest absolute Gasteiger partial charge is 0.300 e. The second-order valence-corrected chi connectivity index (χ2v) is 3.44. The number of nitro groups is 1. The monoisotopic (exact) mass is 258 g/mol. The van der Waals surface area contributed by atoms with E-state index in [9.17, 15) is 10.1 Å². The molecule has 1 N–H and O–H groups in total. The predicted octanol–water partition coefficient (Wildman–Crippen LogP) is 1.34. The van der Waals surface area contributed by atoms with E-state index in [1.807, 2.05) is 0 Å². The quantitative estimate of drug-likeness (QED) is 0.473. The van der Waals surface area contributed by atoms with Gasteiger partial charge < -0.3 is 5.21 Å². The Balaban J connectivity index is 2.88. The molecule has 0 atom stereocenters. The van der Waals surface area contributed by atoms with Gasteiger partial charge in [0.2, 0.25) is 0 Å². The summed E-state index contributed by atoms with van der Waals surface area (Å²) < 4.78 is 0.481. The SMILES string of the molecule is O=[N+]([O-])c1cc(Br)cc2c1nnn2O. The third-order valence-electron chi connectivity index (χ3n) is 1.68. The van der Waals surface area contributed by atoms with E-state index in [0.29, 0.717) is 9.32 Å². The van der Waals surface area contributed by atoms with Gasteiger partial charge in [0.1, 0.15) is 5.52 Å². The highest BCUT2D eigenvalue weighted by molar-refractivity contribution is 9.10. The Kier molecular flexibility index (Phi) is 1.84. The molecule has 0 bridgehead atoms. The average Bonchev–Trinajstić information content (AvgIpc) is 2.47. The van der Waals surface area contributed by atoms with Crippen molar-refractivity contribution < 1.29 is 10.1 Å². The fourth-order valence-electron chi connectivity index (χ4n) is 1.10. The van der Waals surface area contributed by atoms with E-state index in [0.717, 1.165) is 0 Å². The molecule has 72 valence electrons. The van der Waals surface area contributed by atoms with Crippen LogP contribution in [0.2, 0.25) is 0 Å². The van der Waals surface area contributed by atoms with Crippen molar-refractivity contribution in [2.75, 3.05) is 0 Å². The van der Waals surface area contributed by atoms with Gasteiger partial charge >= 0.3 is 0 Å². The third-order valence-corrected chi connectivity index (χ3v) is 2.13. The van der Waals surface area contributed by atoms with E-state index in [1.165, 1.54) is 12.1 Å². The number of rotatable bonds is 1. The largest absolute Gasteiger partial charge is 0.410 e. The Bertz CT molecular complexity index is 523. The van der Waals surface area contributed by atoms with Crippen molar-refractivity contribution in [3.63, 3.8) is 0 Å². The molecule has 1 heterocycles. The summed E-state index contributed by atoms with van der Waals surface area (Å²) in [5.41, 5.74) is 0.0430. The lowest BCUT2D eigenvalue weighted by Crippen LogP contribution is -1.92. The van der Waals surface area contributed by atoms with Gasteiger partial charge in [-0.25, -0.2) is 0 Å². The van der Waals surface area contributed by atoms with Gasteiger partial charge in [-0.3, -0.25) is 10.1 Å². The maximum absolute atomic E-state index is 10.6. The van der Waals surface area contributed by atoms with Crippen LogP contribution in [0.5, 0.6) is 0 Å². The number of non-ortho nitro benzene ring substituents is 1. The fraction of sp³-hybridized carbons (Fsp3) is 0. The molecule has 0 saturated carbocycles. The number of aromatic nitrogens is 3. The minimum atomic E-state index is -0.582. The van der Waals surface area contributed by atoms with E-state index < -0.39 is 4.92 Å². The Morgan fingerprint density at radius 1 is 1.57 bits per heavy atom. The van der Waals surface area contributed by atoms with Gasteiger partial charge in [0.05, 0.1) is 4.92 Å². The van der Waals surface area contributed by atoms with E-state index in [1.54, 1.807) is 0 Å². The van der Waals surface area contributed by atoms with Gasteiger partial charge in [-0.05, 0) is 11.3 Å². The molecule has 0 aliphatic carbocycles. The van der Waals surface area contributed by atoms with Gasteiger partial charge in [-0.2, -0.15) is 0 Å². The first-order valence-electron chi connectivity index (χ1n) is 3.48. The molecular weight excluding hydrogens is 256 g/mol. The van der Waals surface area contributed by atoms with Gasteiger partial charge in [0, 0.05) is 10.5 Å². The van der Waals surface area contributed by atoms with Crippen molar-refractivity contribution >= 4 is 32.7 Å². The summed E-state index contributed by atoms with van der Waals surface area (Å²) in [7, 11) is 0. The Labute approximate surface area is 85.2 Å². The van der Waals surface area contributed by atoms with E-state index in [2.05, 4.69) is 26.2 Å². The molecule has 1 aromatic carbocycles. The summed E-state index contributed by atoms with van der Waals surface area (Å²) in [6, 6.07) is 2.79. The molecule has 2 aromatic rings. The summed E-state index contributed by atoms with van der Waals surface area (Å²) in [5.74, 6) is 0. The lowest BCUT2D eigenvalue weighted by molar-refractivity contribution is -0.383. The van der Waals surface area contributed by atoms with Crippen LogP contribution in [0.4, 0.5) is 5.69 Å². The van der Waals surface area contributed by atoms with Crippen LogP contribution >= 0.6 is 15.9 Å². The topological polar surface area (TPSA) is 94.1 Å². The molecule has 0 unspecified atom stereocenters. The van der Waals surface area contributed by atoms with Crippen LogP contribution in [0.1, 0.15) is 0 Å². The molecule has 0 radical (unpaired) electrons. The normalized spacial score (nSPS) is 10.6. The van der Waals surface area contributed by atoms with Crippen molar-refractivity contribution in [2.24, 2.45) is 0 Å². The van der Waals surface area contributed by atoms with Crippen molar-refractivity contribution in [1.29, 1.82) is 0 Å². The standard InChI is InChI=1S/C6H3BrN4O3/c7-3-1-4-6(8-9-10(4)12)5(2-3)11(13)14/h1-2,12H. The van der Waals surface area contributed by atoms with Crippen molar-refractivity contribution in [3.05, 3.63) is 26.7 Å². The minimum absolute atomic E-state index is 0.0562. The molecule has 8 heteroatoms. The van der Waals surface area contributed by atoms with Crippen LogP contribution in [-0.2, 0) is 0 Å². The van der Waals surface area contributed by atoms with Gasteiger partial charge in [-0.1, -0.05) is 20.8 Å². The Morgan fingerprint density at radius 2 is 2.29 bits per heavy atom. The Hall–Kier alpha value is -1.70. The summed E-state index contributed by atoms with van der Waals surface area (Å²) in [6.07, 6.45) is 0. The first-order chi connectivity index (χ1) is 6.59. The molecule has 2 rings (SSSR count). The first-order valence-corrected chi connectivity index (χ1v) is 4.27. The van der Waals surface area contributed by atoms with E-state index in [4.69, 9.17) is 5.21 Å². The summed E-state index contributed by atoms with van der Waals surface area (Å²) in [6.45, 7) is 0. The molecular formula is C6H3BrN4O3. The van der Waals surface area contributed by atoms with Crippen LogP contribution in [0.3, 0.4) is 0 Å². The number of hydrogen-bond acceptors (Lipinski definition) is 5. The van der Waals surface area contributed by atoms with Gasteiger partial charge in [0.15, 0.2) is 5.52 Å². The van der Waals surface area contributed by atoms with Gasteiger partial charge in [-0.15, -0.1) is 5.10 Å².